The van der Waals surface area contributed by atoms with Crippen LogP contribution in [0.3, 0.4) is 0 Å². The van der Waals surface area contributed by atoms with Gasteiger partial charge in [-0.1, -0.05) is 30.3 Å². The molecule has 1 aliphatic heterocycles. The van der Waals surface area contributed by atoms with Crippen LogP contribution < -0.4 is 10.6 Å². The van der Waals surface area contributed by atoms with Crippen LogP contribution in [0.2, 0.25) is 0 Å². The van der Waals surface area contributed by atoms with E-state index in [1.807, 2.05) is 30.3 Å². The van der Waals surface area contributed by atoms with Crippen molar-refractivity contribution < 1.29 is 23.9 Å². The second-order valence-electron chi connectivity index (χ2n) is 6.38. The molecule has 27 heavy (non-hydrogen) atoms. The van der Waals surface area contributed by atoms with Crippen LogP contribution >= 0.6 is 0 Å². The fraction of sp³-hybridized carbons (Fsp3) is 0.316. The van der Waals surface area contributed by atoms with Crippen molar-refractivity contribution in [3.63, 3.8) is 0 Å². The summed E-state index contributed by atoms with van der Waals surface area (Å²) in [7, 11) is 0. The number of nitrogens with one attached hydrogen (secondary N) is 2. The average Bonchev–Trinajstić information content (AvgIpc) is 3.35. The van der Waals surface area contributed by atoms with E-state index in [2.05, 4.69) is 10.6 Å². The Balaban J connectivity index is 1.52. The molecule has 0 aliphatic carbocycles. The third-order valence-electron chi connectivity index (χ3n) is 4.62. The molecule has 0 radical (unpaired) electrons. The predicted molar refractivity (Wildman–Crippen MR) is 95.8 cm³/mol. The van der Waals surface area contributed by atoms with Crippen LogP contribution in [0.4, 0.5) is 4.79 Å². The van der Waals surface area contributed by atoms with Gasteiger partial charge in [-0.05, 0) is 17.7 Å². The molecule has 1 aromatic carbocycles. The maximum Gasteiger partial charge on any atom is 0.315 e. The molecule has 0 bridgehead atoms. The minimum atomic E-state index is -0.927. The number of hydrogen-bond donors (Lipinski definition) is 3. The Bertz CT molecular complexity index is 791. The fourth-order valence-corrected chi connectivity index (χ4v) is 3.21. The van der Waals surface area contributed by atoms with Crippen LogP contribution in [0.1, 0.15) is 17.2 Å². The summed E-state index contributed by atoms with van der Waals surface area (Å²) < 4.78 is 5.11. The zero-order valence-corrected chi connectivity index (χ0v) is 14.6. The van der Waals surface area contributed by atoms with E-state index in [4.69, 9.17) is 4.42 Å². The van der Waals surface area contributed by atoms with Gasteiger partial charge in [-0.2, -0.15) is 0 Å². The van der Waals surface area contributed by atoms with Crippen LogP contribution in [0.25, 0.3) is 0 Å². The zero-order valence-electron chi connectivity index (χ0n) is 14.6. The van der Waals surface area contributed by atoms with Crippen molar-refractivity contribution in [3.05, 3.63) is 60.1 Å². The lowest BCUT2D eigenvalue weighted by Gasteiger charge is -2.17. The maximum absolute atomic E-state index is 12.4. The Morgan fingerprint density at radius 3 is 2.52 bits per heavy atom. The summed E-state index contributed by atoms with van der Waals surface area (Å²) in [5.41, 5.74) is 0.893. The molecule has 2 unspecified atom stereocenters. The number of likely N-dealkylation sites (tertiary alicyclic amines) is 1. The standard InChI is InChI=1S/C19H21N3O5/c23-17(10-21-19(26)20-9-14-7-4-8-27-14)22-11-15(16(12-22)18(24)25)13-5-2-1-3-6-13/h1-8,15-16H,9-12H2,(H,24,25)(H2,20,21,26). The third-order valence-corrected chi connectivity index (χ3v) is 4.62. The summed E-state index contributed by atoms with van der Waals surface area (Å²) in [6.45, 7) is 0.463. The van der Waals surface area contributed by atoms with Gasteiger partial charge in [-0.25, -0.2) is 4.79 Å². The first-order chi connectivity index (χ1) is 13.0. The van der Waals surface area contributed by atoms with Crippen molar-refractivity contribution in [2.75, 3.05) is 19.6 Å². The summed E-state index contributed by atoms with van der Waals surface area (Å²) in [4.78, 5) is 37.3. The van der Waals surface area contributed by atoms with Crippen LogP contribution in [0.5, 0.6) is 0 Å². The van der Waals surface area contributed by atoms with Crippen molar-refractivity contribution in [1.82, 2.24) is 15.5 Å². The van der Waals surface area contributed by atoms with Crippen molar-refractivity contribution in [3.8, 4) is 0 Å². The monoisotopic (exact) mass is 371 g/mol. The van der Waals surface area contributed by atoms with Gasteiger partial charge in [0.2, 0.25) is 5.91 Å². The van der Waals surface area contributed by atoms with Gasteiger partial charge in [-0.3, -0.25) is 9.59 Å². The molecule has 1 aliphatic rings. The number of aliphatic carboxylic acids is 1. The normalized spacial score (nSPS) is 18.9. The first kappa shape index (κ1) is 18.5. The van der Waals surface area contributed by atoms with Crippen molar-refractivity contribution >= 4 is 17.9 Å². The van der Waals surface area contributed by atoms with E-state index < -0.39 is 17.9 Å². The number of furan rings is 1. The average molecular weight is 371 g/mol. The second-order valence-corrected chi connectivity index (χ2v) is 6.38. The largest absolute Gasteiger partial charge is 0.481 e. The molecule has 142 valence electrons. The lowest BCUT2D eigenvalue weighted by Crippen LogP contribution is -2.43. The van der Waals surface area contributed by atoms with Gasteiger partial charge in [0.25, 0.3) is 0 Å². The van der Waals surface area contributed by atoms with Gasteiger partial charge in [0.1, 0.15) is 5.76 Å². The summed E-state index contributed by atoms with van der Waals surface area (Å²) in [6, 6.07) is 12.3. The van der Waals surface area contributed by atoms with Gasteiger partial charge >= 0.3 is 12.0 Å². The van der Waals surface area contributed by atoms with E-state index in [-0.39, 0.29) is 31.5 Å². The highest BCUT2D eigenvalue weighted by atomic mass is 16.4. The molecule has 1 aromatic heterocycles. The Hall–Kier alpha value is -3.29. The molecule has 8 heteroatoms. The number of carbonyl (C=O) groups excluding carboxylic acids is 2. The molecule has 3 rings (SSSR count). The zero-order chi connectivity index (χ0) is 19.2. The molecule has 3 N–H and O–H groups in total. The molecule has 0 saturated carbocycles. The van der Waals surface area contributed by atoms with Crippen LogP contribution in [0, 0.1) is 5.92 Å². The van der Waals surface area contributed by atoms with E-state index in [1.165, 1.54) is 11.2 Å². The van der Waals surface area contributed by atoms with Crippen molar-refractivity contribution in [2.45, 2.75) is 12.5 Å². The van der Waals surface area contributed by atoms with E-state index >= 15 is 0 Å². The predicted octanol–water partition coefficient (Wildman–Crippen LogP) is 1.41. The highest BCUT2D eigenvalue weighted by molar-refractivity contribution is 5.85. The first-order valence-corrected chi connectivity index (χ1v) is 8.64. The number of benzene rings is 1. The molecule has 8 nitrogen and oxygen atoms in total. The Morgan fingerprint density at radius 2 is 1.85 bits per heavy atom. The molecule has 1 fully saturated rings. The molecule has 1 saturated heterocycles. The molecule has 2 heterocycles. The maximum atomic E-state index is 12.4. The SMILES string of the molecule is O=C(NCC(=O)N1CC(C(=O)O)C(c2ccccc2)C1)NCc1ccco1. The first-order valence-electron chi connectivity index (χ1n) is 8.64. The Kier molecular flexibility index (Phi) is 5.75. The van der Waals surface area contributed by atoms with Crippen molar-refractivity contribution in [2.24, 2.45) is 5.92 Å². The number of carbonyl (C=O) groups is 3. The van der Waals surface area contributed by atoms with Gasteiger partial charge in [-0.15, -0.1) is 0 Å². The quantitative estimate of drug-likeness (QED) is 0.711. The summed E-state index contributed by atoms with van der Waals surface area (Å²) >= 11 is 0. The summed E-state index contributed by atoms with van der Waals surface area (Å²) in [5.74, 6) is -1.56. The minimum Gasteiger partial charge on any atom is -0.481 e. The minimum absolute atomic E-state index is 0.128. The van der Waals surface area contributed by atoms with Gasteiger partial charge in [0, 0.05) is 19.0 Å². The molecular formula is C19H21N3O5. The number of carboxylic acid groups (broad SMARTS) is 1. The molecular weight excluding hydrogens is 350 g/mol. The molecule has 0 spiro atoms. The highest BCUT2D eigenvalue weighted by Gasteiger charge is 2.40. The fourth-order valence-electron chi connectivity index (χ4n) is 3.21. The van der Waals surface area contributed by atoms with Gasteiger partial charge in [0.05, 0.1) is 25.3 Å². The second kappa shape index (κ2) is 8.39. The smallest absolute Gasteiger partial charge is 0.315 e. The van der Waals surface area contributed by atoms with Gasteiger partial charge < -0.3 is 25.1 Å². The number of carboxylic acids is 1. The van der Waals surface area contributed by atoms with Crippen molar-refractivity contribution in [1.29, 1.82) is 0 Å². The number of rotatable bonds is 6. The lowest BCUT2D eigenvalue weighted by atomic mass is 9.89. The van der Waals surface area contributed by atoms with E-state index in [9.17, 15) is 19.5 Å². The van der Waals surface area contributed by atoms with E-state index in [0.29, 0.717) is 12.3 Å². The van der Waals surface area contributed by atoms with E-state index in [1.54, 1.807) is 12.1 Å². The van der Waals surface area contributed by atoms with Gasteiger partial charge in [0.15, 0.2) is 0 Å². The number of nitrogens with zero attached hydrogens (tertiary/aromatic N) is 1. The van der Waals surface area contributed by atoms with Crippen LogP contribution in [-0.4, -0.2) is 47.5 Å². The summed E-state index contributed by atoms with van der Waals surface area (Å²) in [5, 5.41) is 14.6. The number of urea groups is 1. The number of amides is 3. The lowest BCUT2D eigenvalue weighted by molar-refractivity contribution is -0.141. The highest BCUT2D eigenvalue weighted by Crippen LogP contribution is 2.32. The molecule has 2 atom stereocenters. The van der Waals surface area contributed by atoms with Crippen LogP contribution in [0.15, 0.2) is 53.1 Å². The molecule has 3 amide bonds. The van der Waals surface area contributed by atoms with E-state index in [0.717, 1.165) is 5.56 Å². The third kappa shape index (κ3) is 4.66. The molecule has 2 aromatic rings. The number of hydrogen-bond acceptors (Lipinski definition) is 4. The summed E-state index contributed by atoms with van der Waals surface area (Å²) in [6.07, 6.45) is 1.51. The topological polar surface area (TPSA) is 112 Å². The van der Waals surface area contributed by atoms with Crippen LogP contribution in [-0.2, 0) is 16.1 Å². The Labute approximate surface area is 156 Å². The Morgan fingerprint density at radius 1 is 1.07 bits per heavy atom.